The van der Waals surface area contributed by atoms with Crippen LogP contribution in [0.4, 0.5) is 0 Å². The van der Waals surface area contributed by atoms with Crippen molar-refractivity contribution < 1.29 is 0 Å². The monoisotopic (exact) mass is 240 g/mol. The Kier molecular flexibility index (Phi) is 4.44. The molecular weight excluding hydrogens is 225 g/mol. The van der Waals surface area contributed by atoms with E-state index in [-0.39, 0.29) is 0 Å². The molecule has 0 nitrogen and oxygen atoms in total. The molecule has 0 unspecified atom stereocenters. The third kappa shape index (κ3) is 7.02. The maximum absolute atomic E-state index is 3.43. The van der Waals surface area contributed by atoms with Crippen molar-refractivity contribution in [3.63, 3.8) is 0 Å². The van der Waals surface area contributed by atoms with Crippen LogP contribution in [0, 0.1) is 0 Å². The minimum atomic E-state index is -1.14. The van der Waals surface area contributed by atoms with Crippen molar-refractivity contribution in [1.82, 2.24) is 0 Å². The molecule has 0 saturated heterocycles. The Morgan fingerprint density at radius 2 is 1.75 bits per heavy atom. The first-order valence-corrected chi connectivity index (χ1v) is 12.0. The van der Waals surface area contributed by atoms with Crippen molar-refractivity contribution >= 4 is 29.2 Å². The number of hydrogen-bond acceptors (Lipinski definition) is 0. The Hall–Kier alpha value is 1.02. The molecule has 0 fully saturated rings. The van der Waals surface area contributed by atoms with E-state index in [9.17, 15) is 0 Å². The van der Waals surface area contributed by atoms with Crippen LogP contribution in [0.25, 0.3) is 0 Å². The van der Waals surface area contributed by atoms with Gasteiger partial charge in [0.1, 0.15) is 0 Å². The molecule has 2 heteroatoms. The molecule has 8 heavy (non-hydrogen) atoms. The second-order valence-electron chi connectivity index (χ2n) is 3.35. The van der Waals surface area contributed by atoms with Gasteiger partial charge in [-0.05, 0) is 0 Å². The van der Waals surface area contributed by atoms with Crippen molar-refractivity contribution in [2.45, 2.75) is 28.9 Å². The molecule has 0 heterocycles. The summed E-state index contributed by atoms with van der Waals surface area (Å²) in [4.78, 5) is 0. The predicted octanol–water partition coefficient (Wildman–Crippen LogP) is 3.11. The van der Waals surface area contributed by atoms with Gasteiger partial charge in [-0.15, -0.1) is 0 Å². The molecule has 0 aliphatic rings. The summed E-state index contributed by atoms with van der Waals surface area (Å²) in [5.41, 5.74) is 0. The van der Waals surface area contributed by atoms with Gasteiger partial charge in [0.2, 0.25) is 0 Å². The van der Waals surface area contributed by atoms with Crippen molar-refractivity contribution in [3.05, 3.63) is 0 Å². The molecule has 0 N–H and O–H groups in total. The van der Waals surface area contributed by atoms with Crippen molar-refractivity contribution in [2.75, 3.05) is 5.33 Å². The Labute approximate surface area is 63.5 Å². The molecule has 50 valence electrons. The predicted molar refractivity (Wildman–Crippen MR) is 46.6 cm³/mol. The molecule has 0 saturated carbocycles. The molecule has 0 amide bonds. The summed E-state index contributed by atoms with van der Waals surface area (Å²) in [7, 11) is 0. The molecule has 0 atom stereocenters. The second-order valence-corrected chi connectivity index (χ2v) is 15.9. The Balaban J connectivity index is 3.11. The molecular formula is C6H15BrGe. The SMILES string of the molecule is [CH3][Ge]([CH3])([CH3])[CH2]CCBr. The van der Waals surface area contributed by atoms with E-state index in [0.29, 0.717) is 0 Å². The fraction of sp³-hybridized carbons (Fsp3) is 1.00. The summed E-state index contributed by atoms with van der Waals surface area (Å²) in [5, 5.41) is 2.70. The van der Waals surface area contributed by atoms with E-state index >= 15 is 0 Å². The topological polar surface area (TPSA) is 0 Å². The molecule has 0 aliphatic carbocycles. The summed E-state index contributed by atoms with van der Waals surface area (Å²) in [6.07, 6.45) is 1.38. The van der Waals surface area contributed by atoms with Crippen LogP contribution in [0.15, 0.2) is 0 Å². The van der Waals surface area contributed by atoms with Crippen LogP contribution in [-0.2, 0) is 0 Å². The van der Waals surface area contributed by atoms with Gasteiger partial charge in [0, 0.05) is 0 Å². The Morgan fingerprint density at radius 1 is 1.25 bits per heavy atom. The average molecular weight is 240 g/mol. The van der Waals surface area contributed by atoms with Crippen molar-refractivity contribution in [3.8, 4) is 0 Å². The van der Waals surface area contributed by atoms with Gasteiger partial charge >= 0.3 is 63.5 Å². The van der Waals surface area contributed by atoms with Crippen molar-refractivity contribution in [1.29, 1.82) is 0 Å². The fourth-order valence-corrected chi connectivity index (χ4v) is 4.56. The summed E-state index contributed by atoms with van der Waals surface area (Å²) in [6, 6.07) is 0. The van der Waals surface area contributed by atoms with Crippen LogP contribution in [-0.4, -0.2) is 18.6 Å². The van der Waals surface area contributed by atoms with Gasteiger partial charge in [0.05, 0.1) is 0 Å². The standard InChI is InChI=1S/C6H15BrGe/c1-8(2,3)6-4-5-7/h4-6H2,1-3H3. The van der Waals surface area contributed by atoms with Gasteiger partial charge in [0.25, 0.3) is 0 Å². The Morgan fingerprint density at radius 3 is 1.88 bits per heavy atom. The molecule has 0 radical (unpaired) electrons. The van der Waals surface area contributed by atoms with Crippen LogP contribution in [0.5, 0.6) is 0 Å². The first kappa shape index (κ1) is 9.02. The van der Waals surface area contributed by atoms with Gasteiger partial charge < -0.3 is 0 Å². The fourth-order valence-electron chi connectivity index (χ4n) is 0.597. The van der Waals surface area contributed by atoms with E-state index < -0.39 is 13.3 Å². The summed E-state index contributed by atoms with van der Waals surface area (Å²) >= 11 is 2.29. The van der Waals surface area contributed by atoms with Gasteiger partial charge in [0.15, 0.2) is 0 Å². The van der Waals surface area contributed by atoms with E-state index in [1.807, 2.05) is 0 Å². The molecule has 0 aromatic rings. The van der Waals surface area contributed by atoms with Crippen LogP contribution in [0.3, 0.4) is 0 Å². The summed E-state index contributed by atoms with van der Waals surface area (Å²) in [6.45, 7) is 0. The zero-order valence-electron chi connectivity index (χ0n) is 6.00. The third-order valence-corrected chi connectivity index (χ3v) is 5.51. The van der Waals surface area contributed by atoms with Gasteiger partial charge in [-0.1, -0.05) is 0 Å². The quantitative estimate of drug-likeness (QED) is 0.524. The number of alkyl halides is 1. The van der Waals surface area contributed by atoms with E-state index in [1.165, 1.54) is 17.0 Å². The van der Waals surface area contributed by atoms with Crippen LogP contribution in [0.1, 0.15) is 6.42 Å². The molecule has 0 aromatic heterocycles. The first-order valence-electron chi connectivity index (χ1n) is 3.12. The average Bonchev–Trinajstić information content (AvgIpc) is 1.59. The molecule has 0 aliphatic heterocycles. The number of hydrogen-bond donors (Lipinski definition) is 0. The normalized spacial score (nSPS) is 12.0. The van der Waals surface area contributed by atoms with Gasteiger partial charge in [-0.2, -0.15) is 0 Å². The van der Waals surface area contributed by atoms with Crippen LogP contribution < -0.4 is 0 Å². The van der Waals surface area contributed by atoms with E-state index in [1.54, 1.807) is 0 Å². The Bertz CT molecular complexity index is 56.0. The number of rotatable bonds is 3. The van der Waals surface area contributed by atoms with E-state index in [4.69, 9.17) is 0 Å². The van der Waals surface area contributed by atoms with Crippen molar-refractivity contribution in [2.24, 2.45) is 0 Å². The summed E-state index contributed by atoms with van der Waals surface area (Å²) in [5.74, 6) is 7.38. The minimum absolute atomic E-state index is 1.14. The molecule has 0 spiro atoms. The molecule has 0 bridgehead atoms. The van der Waals surface area contributed by atoms with E-state index in [2.05, 4.69) is 33.2 Å². The number of halogens is 1. The zero-order chi connectivity index (χ0) is 6.62. The third-order valence-electron chi connectivity index (χ3n) is 1.06. The van der Waals surface area contributed by atoms with Crippen LogP contribution in [0.2, 0.25) is 22.5 Å². The molecule has 0 rings (SSSR count). The first-order chi connectivity index (χ1) is 3.56. The zero-order valence-corrected chi connectivity index (χ0v) is 9.68. The maximum atomic E-state index is 3.43. The summed E-state index contributed by atoms with van der Waals surface area (Å²) < 4.78 is 0. The second kappa shape index (κ2) is 3.94. The van der Waals surface area contributed by atoms with Crippen LogP contribution >= 0.6 is 15.9 Å². The van der Waals surface area contributed by atoms with Gasteiger partial charge in [-0.25, -0.2) is 0 Å². The van der Waals surface area contributed by atoms with E-state index in [0.717, 1.165) is 0 Å². The van der Waals surface area contributed by atoms with Gasteiger partial charge in [-0.3, -0.25) is 0 Å². The molecule has 0 aromatic carbocycles.